The van der Waals surface area contributed by atoms with E-state index in [1.165, 1.54) is 25.2 Å². The molecule has 1 heterocycles. The van der Waals surface area contributed by atoms with Crippen molar-refractivity contribution in [2.75, 3.05) is 17.6 Å². The van der Waals surface area contributed by atoms with Gasteiger partial charge in [0.2, 0.25) is 16.0 Å². The molecule has 9 nitrogen and oxygen atoms in total. The molecule has 0 radical (unpaired) electrons. The van der Waals surface area contributed by atoms with Crippen LogP contribution in [0.1, 0.15) is 70.7 Å². The van der Waals surface area contributed by atoms with Crippen molar-refractivity contribution in [1.29, 1.82) is 0 Å². The van der Waals surface area contributed by atoms with E-state index in [1.807, 2.05) is 13.8 Å². The minimum Gasteiger partial charge on any atom is -0.460 e. The molecule has 1 aromatic heterocycles. The molecule has 2 atom stereocenters. The standard InChI is InChI=1S/C26H34FN3O6S/c1-14(2)23-20-13-19(21(32)11-16(31)12-22(33)36-26(3,4)5)18-10-15(27)8-9-17(18)24(20)29-25(28-23)30(6)37(7,34)35/h8-10,13-14,16,21,31-32H,11-12H2,1-7H3/t16-,21+/m1/s1. The van der Waals surface area contributed by atoms with Crippen LogP contribution in [0.25, 0.3) is 21.7 Å². The maximum atomic E-state index is 14.3. The van der Waals surface area contributed by atoms with Crippen molar-refractivity contribution in [3.63, 3.8) is 0 Å². The highest BCUT2D eigenvalue weighted by molar-refractivity contribution is 7.92. The zero-order valence-electron chi connectivity index (χ0n) is 22.1. The Morgan fingerprint density at radius 3 is 2.32 bits per heavy atom. The summed E-state index contributed by atoms with van der Waals surface area (Å²) in [4.78, 5) is 21.1. The van der Waals surface area contributed by atoms with Crippen LogP contribution in [0, 0.1) is 5.82 Å². The summed E-state index contributed by atoms with van der Waals surface area (Å²) in [6, 6.07) is 5.67. The normalized spacial score (nSPS) is 14.2. The van der Waals surface area contributed by atoms with Crippen LogP contribution < -0.4 is 4.31 Å². The van der Waals surface area contributed by atoms with E-state index >= 15 is 0 Å². The molecule has 37 heavy (non-hydrogen) atoms. The monoisotopic (exact) mass is 535 g/mol. The van der Waals surface area contributed by atoms with E-state index < -0.39 is 39.6 Å². The van der Waals surface area contributed by atoms with Gasteiger partial charge in [0, 0.05) is 24.2 Å². The number of aliphatic hydroxyl groups excluding tert-OH is 2. The number of carbonyl (C=O) groups is 1. The third-order valence-corrected chi connectivity index (χ3v) is 6.97. The molecule has 0 saturated heterocycles. The number of benzene rings is 2. The van der Waals surface area contributed by atoms with Crippen molar-refractivity contribution < 1.29 is 32.6 Å². The lowest BCUT2D eigenvalue weighted by Crippen LogP contribution is -2.27. The number of aromatic nitrogens is 2. The van der Waals surface area contributed by atoms with E-state index in [2.05, 4.69) is 9.97 Å². The van der Waals surface area contributed by atoms with Gasteiger partial charge in [-0.1, -0.05) is 13.8 Å². The van der Waals surface area contributed by atoms with Gasteiger partial charge in [-0.25, -0.2) is 27.1 Å². The van der Waals surface area contributed by atoms with Gasteiger partial charge < -0.3 is 14.9 Å². The molecular formula is C26H34FN3O6S. The Labute approximate surface area is 216 Å². The number of nitrogens with zero attached hydrogens (tertiary/aromatic N) is 3. The molecular weight excluding hydrogens is 501 g/mol. The predicted molar refractivity (Wildman–Crippen MR) is 140 cm³/mol. The van der Waals surface area contributed by atoms with Crippen molar-refractivity contribution in [3.8, 4) is 0 Å². The fourth-order valence-electron chi connectivity index (χ4n) is 4.07. The lowest BCUT2D eigenvalue weighted by atomic mass is 9.92. The largest absolute Gasteiger partial charge is 0.460 e. The number of anilines is 1. The van der Waals surface area contributed by atoms with E-state index in [0.29, 0.717) is 32.9 Å². The minimum absolute atomic E-state index is 0.0228. The second kappa shape index (κ2) is 10.5. The highest BCUT2D eigenvalue weighted by Crippen LogP contribution is 2.37. The van der Waals surface area contributed by atoms with Crippen molar-refractivity contribution in [1.82, 2.24) is 9.97 Å². The molecule has 3 aromatic rings. The molecule has 202 valence electrons. The summed E-state index contributed by atoms with van der Waals surface area (Å²) in [5.41, 5.74) is 0.576. The molecule has 0 spiro atoms. The first-order chi connectivity index (χ1) is 17.0. The molecule has 0 saturated carbocycles. The predicted octanol–water partition coefficient (Wildman–Crippen LogP) is 3.96. The van der Waals surface area contributed by atoms with Crippen LogP contribution in [0.15, 0.2) is 24.3 Å². The molecule has 0 amide bonds. The number of aliphatic hydroxyl groups is 2. The third kappa shape index (κ3) is 6.71. The van der Waals surface area contributed by atoms with Crippen LogP contribution in [0.2, 0.25) is 0 Å². The summed E-state index contributed by atoms with van der Waals surface area (Å²) >= 11 is 0. The molecule has 0 aliphatic rings. The zero-order chi connectivity index (χ0) is 27.9. The topological polar surface area (TPSA) is 130 Å². The average Bonchev–Trinajstić information content (AvgIpc) is 2.74. The summed E-state index contributed by atoms with van der Waals surface area (Å²) in [5, 5.41) is 23.0. The van der Waals surface area contributed by atoms with Gasteiger partial charge in [-0.2, -0.15) is 0 Å². The maximum absolute atomic E-state index is 14.3. The van der Waals surface area contributed by atoms with E-state index in [-0.39, 0.29) is 24.7 Å². The van der Waals surface area contributed by atoms with Crippen LogP contribution in [0.4, 0.5) is 10.3 Å². The smallest absolute Gasteiger partial charge is 0.308 e. The van der Waals surface area contributed by atoms with Crippen molar-refractivity contribution in [2.45, 2.75) is 71.2 Å². The van der Waals surface area contributed by atoms with E-state index in [1.54, 1.807) is 26.8 Å². The average molecular weight is 536 g/mol. The molecule has 2 N–H and O–H groups in total. The van der Waals surface area contributed by atoms with Gasteiger partial charge in [0.1, 0.15) is 11.4 Å². The number of sulfonamides is 1. The Balaban J connectivity index is 2.15. The Kier molecular flexibility index (Phi) is 8.11. The number of fused-ring (bicyclic) bond motifs is 3. The van der Waals surface area contributed by atoms with Crippen molar-refractivity contribution in [2.24, 2.45) is 0 Å². The van der Waals surface area contributed by atoms with Crippen LogP contribution in [0.3, 0.4) is 0 Å². The number of rotatable bonds is 8. The second-order valence-electron chi connectivity index (χ2n) is 10.5. The van der Waals surface area contributed by atoms with Gasteiger partial charge in [0.05, 0.1) is 36.1 Å². The number of ether oxygens (including phenoxy) is 1. The van der Waals surface area contributed by atoms with E-state index in [0.717, 1.165) is 10.6 Å². The van der Waals surface area contributed by atoms with Crippen LogP contribution >= 0.6 is 0 Å². The fraction of sp³-hybridized carbons (Fsp3) is 0.500. The van der Waals surface area contributed by atoms with Crippen LogP contribution in [-0.4, -0.2) is 59.6 Å². The number of esters is 1. The van der Waals surface area contributed by atoms with Gasteiger partial charge in [0.25, 0.3) is 0 Å². The molecule has 0 aliphatic carbocycles. The molecule has 0 bridgehead atoms. The second-order valence-corrected chi connectivity index (χ2v) is 12.6. The molecule has 3 rings (SSSR count). The first-order valence-electron chi connectivity index (χ1n) is 11.9. The minimum atomic E-state index is -3.64. The van der Waals surface area contributed by atoms with Crippen molar-refractivity contribution in [3.05, 3.63) is 41.3 Å². The first kappa shape index (κ1) is 28.7. The Morgan fingerprint density at radius 2 is 1.76 bits per heavy atom. The highest BCUT2D eigenvalue weighted by Gasteiger charge is 2.25. The zero-order valence-corrected chi connectivity index (χ0v) is 22.9. The lowest BCUT2D eigenvalue weighted by molar-refractivity contribution is -0.157. The van der Waals surface area contributed by atoms with Gasteiger partial charge in [0.15, 0.2) is 0 Å². The van der Waals surface area contributed by atoms with Crippen LogP contribution in [-0.2, 0) is 19.6 Å². The molecule has 2 aromatic carbocycles. The Morgan fingerprint density at radius 1 is 1.11 bits per heavy atom. The first-order valence-corrected chi connectivity index (χ1v) is 13.8. The van der Waals surface area contributed by atoms with E-state index in [9.17, 15) is 27.8 Å². The van der Waals surface area contributed by atoms with Crippen molar-refractivity contribution >= 4 is 43.6 Å². The van der Waals surface area contributed by atoms with Gasteiger partial charge in [-0.3, -0.25) is 4.79 Å². The summed E-state index contributed by atoms with van der Waals surface area (Å²) < 4.78 is 44.9. The number of halogens is 1. The molecule has 0 fully saturated rings. The summed E-state index contributed by atoms with van der Waals surface area (Å²) in [6.07, 6.45) is -1.90. The fourth-order valence-corrected chi connectivity index (χ4v) is 4.44. The van der Waals surface area contributed by atoms with Gasteiger partial charge in [-0.05, 0) is 61.9 Å². The number of hydrogen-bond acceptors (Lipinski definition) is 8. The van der Waals surface area contributed by atoms with Gasteiger partial charge >= 0.3 is 5.97 Å². The van der Waals surface area contributed by atoms with Crippen LogP contribution in [0.5, 0.6) is 0 Å². The number of hydrogen-bond donors (Lipinski definition) is 2. The summed E-state index contributed by atoms with van der Waals surface area (Å²) in [6.45, 7) is 8.93. The molecule has 11 heteroatoms. The van der Waals surface area contributed by atoms with Gasteiger partial charge in [-0.15, -0.1) is 0 Å². The summed E-state index contributed by atoms with van der Waals surface area (Å²) in [7, 11) is -2.29. The quantitative estimate of drug-likeness (QED) is 0.328. The third-order valence-electron chi connectivity index (χ3n) is 5.81. The summed E-state index contributed by atoms with van der Waals surface area (Å²) in [5.74, 6) is -1.30. The number of carbonyl (C=O) groups excluding carboxylic acids is 1. The van der Waals surface area contributed by atoms with E-state index in [4.69, 9.17) is 4.74 Å². The lowest BCUT2D eigenvalue weighted by Gasteiger charge is -2.23. The SMILES string of the molecule is CC(C)c1nc(N(C)S(C)(=O)=O)nc2c1cc([C@@H](O)C[C@@H](O)CC(=O)OC(C)(C)C)c1cc(F)ccc12. The Bertz CT molecular complexity index is 1440. The molecule has 0 unspecified atom stereocenters. The maximum Gasteiger partial charge on any atom is 0.308 e. The highest BCUT2D eigenvalue weighted by atomic mass is 32.2. The Hall–Kier alpha value is -2.89. The molecule has 0 aliphatic heterocycles.